The largest absolute Gasteiger partial charge is 0.493 e. The molecule has 1 aromatic heterocycles. The zero-order valence-corrected chi connectivity index (χ0v) is 23.6. The van der Waals surface area contributed by atoms with E-state index in [4.69, 9.17) is 26.4 Å². The molecule has 2 aromatic carbocycles. The molecule has 0 radical (unpaired) electrons. The Morgan fingerprint density at radius 2 is 2.06 bits per heavy atom. The number of halogens is 2. The molecule has 36 heavy (non-hydrogen) atoms. The van der Waals surface area contributed by atoms with Crippen LogP contribution in [-0.2, 0) is 10.5 Å². The van der Waals surface area contributed by atoms with E-state index in [1.165, 1.54) is 11.8 Å². The first-order valence-corrected chi connectivity index (χ1v) is 14.2. The maximum Gasteiger partial charge on any atom is 0.227 e. The lowest BCUT2D eigenvalue weighted by atomic mass is 9.73. The first kappa shape index (κ1) is 25.4. The summed E-state index contributed by atoms with van der Waals surface area (Å²) in [6.07, 6.45) is 2.14. The molecule has 188 valence electrons. The number of carbonyl (C=O) groups is 1. The number of rotatable bonds is 7. The number of fused-ring (bicyclic) bond motifs is 1. The van der Waals surface area contributed by atoms with E-state index in [0.29, 0.717) is 29.9 Å². The number of anilines is 1. The third-order valence-corrected chi connectivity index (χ3v) is 8.10. The van der Waals surface area contributed by atoms with Gasteiger partial charge in [-0.3, -0.25) is 4.79 Å². The number of carbonyl (C=O) groups excluding carboxylic acids is 1. The van der Waals surface area contributed by atoms with Gasteiger partial charge in [0.25, 0.3) is 0 Å². The molecule has 2 aliphatic rings. The Morgan fingerprint density at radius 1 is 1.25 bits per heavy atom. The topological polar surface area (TPSA) is 69.0 Å². The smallest absolute Gasteiger partial charge is 0.227 e. The number of Topliss-reactive ketones (excluding diaryl/α,β-unsaturated/α-hetero) is 1. The van der Waals surface area contributed by atoms with Crippen LogP contribution in [0.3, 0.4) is 0 Å². The van der Waals surface area contributed by atoms with Crippen LogP contribution in [0.15, 0.2) is 63.4 Å². The number of allylic oxidation sites excluding steroid dienone is 2. The highest BCUT2D eigenvalue weighted by Gasteiger charge is 2.42. The second-order valence-corrected chi connectivity index (χ2v) is 12.2. The second-order valence-electron chi connectivity index (χ2n) is 9.93. The molecule has 9 heteroatoms. The van der Waals surface area contributed by atoms with Gasteiger partial charge < -0.3 is 10.1 Å². The maximum atomic E-state index is 13.6. The summed E-state index contributed by atoms with van der Waals surface area (Å²) >= 11 is 11.5. The third kappa shape index (κ3) is 5.08. The zero-order chi connectivity index (χ0) is 25.4. The van der Waals surface area contributed by atoms with Gasteiger partial charge in [0.1, 0.15) is 11.8 Å². The monoisotopic (exact) mass is 586 g/mol. The number of benzene rings is 2. The molecule has 3 aromatic rings. The Hall–Kier alpha value is -2.29. The van der Waals surface area contributed by atoms with Crippen LogP contribution in [-0.4, -0.2) is 27.2 Å². The fourth-order valence-corrected chi connectivity index (χ4v) is 6.27. The van der Waals surface area contributed by atoms with Crippen LogP contribution >= 0.6 is 39.3 Å². The Bertz CT molecular complexity index is 1350. The summed E-state index contributed by atoms with van der Waals surface area (Å²) in [4.78, 5) is 18.4. The van der Waals surface area contributed by atoms with Crippen molar-refractivity contribution in [1.29, 1.82) is 0 Å². The molecule has 1 aliphatic heterocycles. The lowest BCUT2D eigenvalue weighted by Gasteiger charge is -2.38. The van der Waals surface area contributed by atoms with Crippen molar-refractivity contribution in [2.24, 2.45) is 5.41 Å². The molecule has 0 amide bonds. The van der Waals surface area contributed by atoms with Crippen LogP contribution in [0, 0.1) is 5.41 Å². The number of aromatic nitrogens is 3. The van der Waals surface area contributed by atoms with E-state index in [1.54, 1.807) is 0 Å². The van der Waals surface area contributed by atoms with Crippen molar-refractivity contribution in [3.63, 3.8) is 0 Å². The number of nitrogens with zero attached hydrogens (tertiary/aromatic N) is 3. The maximum absolute atomic E-state index is 13.6. The first-order chi connectivity index (χ1) is 17.3. The zero-order valence-electron chi connectivity index (χ0n) is 20.5. The van der Waals surface area contributed by atoms with Gasteiger partial charge in [-0.2, -0.15) is 4.98 Å². The van der Waals surface area contributed by atoms with Crippen molar-refractivity contribution >= 4 is 51.0 Å². The standard InChI is InChI=1S/C27H28BrClN4O2S/c1-4-11-35-22-10-9-17(28)12-18(22)24-23-20(13-27(2,3)14-21(23)34)30-25-31-26(32-33(24)25)36-15-16-7-5-6-8-19(16)29/h5-10,12,24H,4,11,13-15H2,1-3H3,(H,30,31,32). The van der Waals surface area contributed by atoms with E-state index in [1.807, 2.05) is 47.1 Å². The molecule has 6 nitrogen and oxygen atoms in total. The summed E-state index contributed by atoms with van der Waals surface area (Å²) in [6, 6.07) is 13.3. The molecular weight excluding hydrogens is 560 g/mol. The molecule has 5 rings (SSSR count). The highest BCUT2D eigenvalue weighted by Crippen LogP contribution is 2.47. The number of nitrogens with one attached hydrogen (secondary N) is 1. The van der Waals surface area contributed by atoms with Crippen LogP contribution in [0.5, 0.6) is 5.75 Å². The summed E-state index contributed by atoms with van der Waals surface area (Å²) < 4.78 is 8.89. The van der Waals surface area contributed by atoms with Crippen LogP contribution in [0.1, 0.15) is 57.2 Å². The minimum Gasteiger partial charge on any atom is -0.493 e. The summed E-state index contributed by atoms with van der Waals surface area (Å²) in [5.41, 5.74) is 3.46. The number of ketones is 1. The van der Waals surface area contributed by atoms with E-state index in [2.05, 4.69) is 42.0 Å². The number of hydrogen-bond acceptors (Lipinski definition) is 6. The van der Waals surface area contributed by atoms with Gasteiger partial charge in [-0.15, -0.1) is 5.10 Å². The van der Waals surface area contributed by atoms with Crippen LogP contribution in [0.2, 0.25) is 5.02 Å². The van der Waals surface area contributed by atoms with E-state index in [9.17, 15) is 4.79 Å². The Kier molecular flexibility index (Phi) is 7.21. The van der Waals surface area contributed by atoms with Crippen LogP contribution in [0.25, 0.3) is 0 Å². The van der Waals surface area contributed by atoms with Crippen LogP contribution < -0.4 is 10.1 Å². The highest BCUT2D eigenvalue weighted by atomic mass is 79.9. The van der Waals surface area contributed by atoms with Crippen molar-refractivity contribution in [3.05, 3.63) is 74.4 Å². The van der Waals surface area contributed by atoms with Gasteiger partial charge in [-0.25, -0.2) is 4.68 Å². The van der Waals surface area contributed by atoms with Crippen molar-refractivity contribution in [1.82, 2.24) is 14.8 Å². The van der Waals surface area contributed by atoms with E-state index in [0.717, 1.165) is 50.5 Å². The Balaban J connectivity index is 1.58. The molecule has 0 spiro atoms. The Labute approximate surface area is 229 Å². The molecule has 2 heterocycles. The van der Waals surface area contributed by atoms with Gasteiger partial charge in [0, 0.05) is 38.5 Å². The molecule has 1 atom stereocenters. The van der Waals surface area contributed by atoms with Crippen molar-refractivity contribution < 1.29 is 9.53 Å². The lowest BCUT2D eigenvalue weighted by Crippen LogP contribution is -2.36. The molecule has 1 unspecified atom stereocenters. The number of thioether (sulfide) groups is 1. The fraction of sp³-hybridized carbons (Fsp3) is 0.370. The SMILES string of the molecule is CCCOc1ccc(Br)cc1C1C2=C(CC(C)(C)CC2=O)Nc2nc(SCc3ccccc3Cl)nn21. The first-order valence-electron chi connectivity index (χ1n) is 12.0. The normalized spacial score (nSPS) is 18.5. The van der Waals surface area contributed by atoms with Crippen molar-refractivity contribution in [2.45, 2.75) is 57.0 Å². The van der Waals surface area contributed by atoms with Gasteiger partial charge in [0.05, 0.1) is 6.61 Å². The molecule has 0 saturated carbocycles. The summed E-state index contributed by atoms with van der Waals surface area (Å²) in [6.45, 7) is 6.93. The summed E-state index contributed by atoms with van der Waals surface area (Å²) in [5.74, 6) is 2.16. The molecule has 0 saturated heterocycles. The Morgan fingerprint density at radius 3 is 2.83 bits per heavy atom. The second kappa shape index (κ2) is 10.2. The number of hydrogen-bond donors (Lipinski definition) is 1. The molecule has 0 fully saturated rings. The quantitative estimate of drug-likeness (QED) is 0.290. The number of ether oxygens (including phenoxy) is 1. The van der Waals surface area contributed by atoms with Crippen molar-refractivity contribution in [3.8, 4) is 5.75 Å². The van der Waals surface area contributed by atoms with Gasteiger partial charge >= 0.3 is 0 Å². The highest BCUT2D eigenvalue weighted by molar-refractivity contribution is 9.10. The van der Waals surface area contributed by atoms with Gasteiger partial charge in [0.2, 0.25) is 11.1 Å². The molecular formula is C27H28BrClN4O2S. The predicted molar refractivity (Wildman–Crippen MR) is 148 cm³/mol. The van der Waals surface area contributed by atoms with E-state index >= 15 is 0 Å². The lowest BCUT2D eigenvalue weighted by molar-refractivity contribution is -0.118. The van der Waals surface area contributed by atoms with Crippen molar-refractivity contribution in [2.75, 3.05) is 11.9 Å². The molecule has 1 aliphatic carbocycles. The van der Waals surface area contributed by atoms with Crippen LogP contribution in [0.4, 0.5) is 5.95 Å². The van der Waals surface area contributed by atoms with E-state index < -0.39 is 6.04 Å². The summed E-state index contributed by atoms with van der Waals surface area (Å²) in [7, 11) is 0. The van der Waals surface area contributed by atoms with Gasteiger partial charge in [0.15, 0.2) is 5.78 Å². The fourth-order valence-electron chi connectivity index (χ4n) is 4.77. The van der Waals surface area contributed by atoms with Gasteiger partial charge in [-0.1, -0.05) is 78.3 Å². The average Bonchev–Trinajstić information content (AvgIpc) is 3.23. The minimum atomic E-state index is -0.425. The average molecular weight is 588 g/mol. The molecule has 0 bridgehead atoms. The molecule has 1 N–H and O–H groups in total. The predicted octanol–water partition coefficient (Wildman–Crippen LogP) is 7.43. The van der Waals surface area contributed by atoms with Gasteiger partial charge in [-0.05, 0) is 48.1 Å². The summed E-state index contributed by atoms with van der Waals surface area (Å²) in [5, 5.41) is 9.67. The minimum absolute atomic E-state index is 0.129. The van der Waals surface area contributed by atoms with E-state index in [-0.39, 0.29) is 11.2 Å². The third-order valence-electron chi connectivity index (χ3n) is 6.36.